The Balaban J connectivity index is 2.13. The average molecular weight is 757 g/mol. The number of benzene rings is 2. The van der Waals surface area contributed by atoms with Gasteiger partial charge < -0.3 is 18.9 Å². The van der Waals surface area contributed by atoms with Gasteiger partial charge in [-0.15, -0.1) is 0 Å². The zero-order valence-electron chi connectivity index (χ0n) is 25.4. The van der Waals surface area contributed by atoms with Crippen LogP contribution in [-0.4, -0.2) is 52.0 Å². The van der Waals surface area contributed by atoms with E-state index in [2.05, 4.69) is 19.2 Å². The Morgan fingerprint density at radius 3 is 1.77 bits per heavy atom. The summed E-state index contributed by atoms with van der Waals surface area (Å²) in [6, 6.07) is 6.46. The molecule has 48 heavy (non-hydrogen) atoms. The number of hydrogen-bond acceptors (Lipinski definition) is 5. The molecule has 2 aromatic carbocycles. The molecule has 0 saturated carbocycles. The average Bonchev–Trinajstić information content (AvgIpc) is 2.94. The van der Waals surface area contributed by atoms with E-state index in [1.165, 1.54) is 18.5 Å². The molecule has 0 spiro atoms. The number of nitrogens with zero attached hydrogens (tertiary/aromatic N) is 1. The molecule has 1 atom stereocenters. The van der Waals surface area contributed by atoms with Gasteiger partial charge in [0, 0.05) is 38.6 Å². The van der Waals surface area contributed by atoms with Gasteiger partial charge in [0.2, 0.25) is 0 Å². The number of halogens is 12. The normalized spacial score (nSPS) is 13.7. The first-order valence-corrected chi connectivity index (χ1v) is 18.4. The van der Waals surface area contributed by atoms with Crippen LogP contribution in [0.1, 0.15) is 28.2 Å². The summed E-state index contributed by atoms with van der Waals surface area (Å²) < 4.78 is 156. The topological polar surface area (TPSA) is 49.8 Å². The summed E-state index contributed by atoms with van der Waals surface area (Å²) in [4.78, 5) is 3.83. The molecule has 18 heteroatoms. The fourth-order valence-electron chi connectivity index (χ4n) is 4.64. The summed E-state index contributed by atoms with van der Waals surface area (Å²) in [5.74, 6) is -2.64. The maximum absolute atomic E-state index is 14.4. The molecule has 1 unspecified atom stereocenters. The highest BCUT2D eigenvalue weighted by molar-refractivity contribution is 6.76. The van der Waals surface area contributed by atoms with Crippen molar-refractivity contribution in [2.45, 2.75) is 69.2 Å². The first-order valence-electron chi connectivity index (χ1n) is 13.9. The molecule has 5 nitrogen and oxygen atoms in total. The molecule has 0 aliphatic rings. The third-order valence-electron chi connectivity index (χ3n) is 7.04. The first kappa shape index (κ1) is 39.6. The monoisotopic (exact) mass is 755 g/mol. The summed E-state index contributed by atoms with van der Waals surface area (Å²) in [7, 11) is -1.72. The largest absolute Gasteiger partial charge is 0.431 e. The second kappa shape index (κ2) is 15.8. The van der Waals surface area contributed by atoms with Crippen LogP contribution in [0, 0.1) is 0 Å². The molecule has 3 aromatic rings. The highest BCUT2D eigenvalue weighted by Gasteiger charge is 2.73. The van der Waals surface area contributed by atoms with Crippen LogP contribution >= 0.6 is 23.2 Å². The van der Waals surface area contributed by atoms with Crippen molar-refractivity contribution < 1.29 is 62.9 Å². The van der Waals surface area contributed by atoms with Crippen LogP contribution < -0.4 is 9.47 Å². The zero-order valence-corrected chi connectivity index (χ0v) is 27.9. The predicted molar refractivity (Wildman–Crippen MR) is 160 cm³/mol. The van der Waals surface area contributed by atoms with Crippen molar-refractivity contribution in [1.29, 1.82) is 0 Å². The van der Waals surface area contributed by atoms with E-state index in [1.807, 2.05) is 19.6 Å². The van der Waals surface area contributed by atoms with Crippen LogP contribution in [0.25, 0.3) is 0 Å². The molecule has 0 bridgehead atoms. The van der Waals surface area contributed by atoms with Gasteiger partial charge in [-0.1, -0.05) is 73.2 Å². The lowest BCUT2D eigenvalue weighted by Crippen LogP contribution is -2.56. The smallest absolute Gasteiger partial charge is 0.430 e. The minimum atomic E-state index is -5.99. The molecule has 0 amide bonds. The fraction of sp³-hybridized carbons (Fsp3) is 0.433. The number of ether oxygens (including phenoxy) is 4. The van der Waals surface area contributed by atoms with Crippen molar-refractivity contribution in [3.63, 3.8) is 0 Å². The number of aromatic nitrogens is 1. The molecule has 1 aromatic heterocycles. The van der Waals surface area contributed by atoms with E-state index in [0.717, 1.165) is 24.3 Å². The summed E-state index contributed by atoms with van der Waals surface area (Å²) >= 11 is 12.5. The molecule has 266 valence electrons. The van der Waals surface area contributed by atoms with Crippen LogP contribution in [0.3, 0.4) is 0 Å². The maximum atomic E-state index is 14.4. The summed E-state index contributed by atoms with van der Waals surface area (Å²) in [6.07, 6.45) is -9.74. The van der Waals surface area contributed by atoms with E-state index >= 15 is 0 Å². The lowest BCUT2D eigenvalue weighted by Gasteiger charge is -2.37. The van der Waals surface area contributed by atoms with Gasteiger partial charge in [-0.05, 0) is 41.3 Å². The predicted octanol–water partition coefficient (Wildman–Crippen LogP) is 10.6. The third-order valence-corrected chi connectivity index (χ3v) is 9.39. The summed E-state index contributed by atoms with van der Waals surface area (Å²) in [5, 5.41) is 0.0584. The molecular weight excluding hydrogens is 727 g/mol. The molecule has 0 radical (unpaired) electrons. The van der Waals surface area contributed by atoms with Crippen LogP contribution in [-0.2, 0) is 21.5 Å². The maximum Gasteiger partial charge on any atom is 0.430 e. The van der Waals surface area contributed by atoms with Gasteiger partial charge in [0.25, 0.3) is 5.60 Å². The van der Waals surface area contributed by atoms with Gasteiger partial charge in [-0.3, -0.25) is 4.98 Å². The van der Waals surface area contributed by atoms with Gasteiger partial charge in [0.1, 0.15) is 6.79 Å². The van der Waals surface area contributed by atoms with Gasteiger partial charge >= 0.3 is 25.6 Å². The highest BCUT2D eigenvalue weighted by atomic mass is 35.5. The quantitative estimate of drug-likeness (QED) is 0.0669. The molecule has 3 rings (SSSR count). The van der Waals surface area contributed by atoms with E-state index in [4.69, 9.17) is 27.9 Å². The van der Waals surface area contributed by atoms with Crippen molar-refractivity contribution in [3.8, 4) is 11.5 Å². The second-order valence-electron chi connectivity index (χ2n) is 11.6. The van der Waals surface area contributed by atoms with E-state index in [0.29, 0.717) is 18.2 Å². The SMILES string of the molecule is C[Si](C)(C)CCOCOC(c1ccc(C(Cc2c(Cl)cncc2Cl)c2ccc(OC(F)F)c(OC(F)F)c2)cc1)(C(F)(F)F)C(F)(F)F. The third kappa shape index (κ3) is 9.89. The fourth-order valence-corrected chi connectivity index (χ4v) is 5.92. The van der Waals surface area contributed by atoms with Gasteiger partial charge in [-0.25, -0.2) is 0 Å². The highest BCUT2D eigenvalue weighted by Crippen LogP contribution is 2.53. The number of pyridine rings is 1. The Labute approximate surface area is 280 Å². The van der Waals surface area contributed by atoms with E-state index in [-0.39, 0.29) is 39.8 Å². The van der Waals surface area contributed by atoms with Crippen molar-refractivity contribution >= 4 is 31.3 Å². The molecule has 0 aliphatic carbocycles. The molecule has 0 fully saturated rings. The Morgan fingerprint density at radius 2 is 1.27 bits per heavy atom. The standard InChI is InChI=1S/C30H29Cl2F10NO4Si/c1-48(2,3)11-10-44-16-45-28(29(37,38)39,30(40,41)42)19-7-4-17(5-8-19)20(13-21-22(31)14-43-15-23(21)32)18-6-9-24(46-26(33)34)25(12-18)47-27(35)36/h4-9,12,14-15,20,26-27H,10-11,13,16H2,1-3H3. The molecule has 0 saturated heterocycles. The van der Waals surface area contributed by atoms with Crippen LogP contribution in [0.15, 0.2) is 54.9 Å². The van der Waals surface area contributed by atoms with Gasteiger partial charge in [0.15, 0.2) is 11.5 Å². The zero-order chi connectivity index (χ0) is 36.1. The summed E-state index contributed by atoms with van der Waals surface area (Å²) in [5.41, 5.74) is -5.77. The van der Waals surface area contributed by atoms with Crippen molar-refractivity contribution in [1.82, 2.24) is 4.98 Å². The Hall–Kier alpha value is -2.79. The van der Waals surface area contributed by atoms with Gasteiger partial charge in [0.05, 0.1) is 10.0 Å². The van der Waals surface area contributed by atoms with Crippen LogP contribution in [0.2, 0.25) is 35.7 Å². The van der Waals surface area contributed by atoms with Crippen molar-refractivity contribution in [2.24, 2.45) is 0 Å². The lowest BCUT2D eigenvalue weighted by molar-refractivity contribution is -0.401. The van der Waals surface area contributed by atoms with E-state index < -0.39 is 69.0 Å². The molecular formula is C30H29Cl2F10NO4Si. The van der Waals surface area contributed by atoms with Crippen molar-refractivity contribution in [2.75, 3.05) is 13.4 Å². The Bertz CT molecular complexity index is 1470. The number of hydrogen-bond donors (Lipinski definition) is 0. The Kier molecular flexibility index (Phi) is 13.1. The first-order chi connectivity index (χ1) is 22.2. The minimum absolute atomic E-state index is 0.0292. The minimum Gasteiger partial charge on any atom is -0.431 e. The van der Waals surface area contributed by atoms with Crippen LogP contribution in [0.5, 0.6) is 11.5 Å². The number of alkyl halides is 10. The number of rotatable bonds is 15. The second-order valence-corrected chi connectivity index (χ2v) is 18.0. The van der Waals surface area contributed by atoms with Crippen LogP contribution in [0.4, 0.5) is 43.9 Å². The van der Waals surface area contributed by atoms with E-state index in [9.17, 15) is 43.9 Å². The molecule has 0 aliphatic heterocycles. The summed E-state index contributed by atoms with van der Waals surface area (Å²) in [6.45, 7) is -2.49. The van der Waals surface area contributed by atoms with Gasteiger partial charge in [-0.2, -0.15) is 43.9 Å². The van der Waals surface area contributed by atoms with E-state index in [1.54, 1.807) is 0 Å². The van der Waals surface area contributed by atoms with Crippen molar-refractivity contribution in [3.05, 3.63) is 87.2 Å². The molecule has 1 heterocycles. The lowest BCUT2D eigenvalue weighted by atomic mass is 9.84. The molecule has 0 N–H and O–H groups in total. The Morgan fingerprint density at radius 1 is 0.750 bits per heavy atom.